The smallest absolute Gasteiger partial charge is 0.316 e. The Balaban J connectivity index is 2.57. The summed E-state index contributed by atoms with van der Waals surface area (Å²) in [6.07, 6.45) is 0. The largest absolute Gasteiger partial charge is 0.481 e. The highest BCUT2D eigenvalue weighted by atomic mass is 19.1. The highest BCUT2D eigenvalue weighted by Crippen LogP contribution is 2.36. The van der Waals surface area contributed by atoms with Gasteiger partial charge in [-0.1, -0.05) is 12.1 Å². The van der Waals surface area contributed by atoms with Crippen molar-refractivity contribution in [3.8, 4) is 0 Å². The molecule has 2 unspecified atom stereocenters. The van der Waals surface area contributed by atoms with Crippen LogP contribution < -0.4 is 5.32 Å². The molecule has 1 aliphatic heterocycles. The number of rotatable bonds is 3. The first-order valence-corrected chi connectivity index (χ1v) is 5.88. The molecule has 2 amide bonds. The third-order valence-corrected chi connectivity index (χ3v) is 3.32. The van der Waals surface area contributed by atoms with Gasteiger partial charge >= 0.3 is 11.9 Å². The SMILES string of the molecule is O=C(O)C1C(=O)NC(=O)C(C(=O)O)C1c1ccc(F)cc1. The van der Waals surface area contributed by atoms with Gasteiger partial charge in [0.1, 0.15) is 17.7 Å². The molecule has 0 saturated carbocycles. The zero-order chi connectivity index (χ0) is 15.7. The number of carboxylic acids is 2. The maximum Gasteiger partial charge on any atom is 0.316 e. The van der Waals surface area contributed by atoms with E-state index in [0.717, 1.165) is 24.3 Å². The Hall–Kier alpha value is -2.77. The maximum absolute atomic E-state index is 12.9. The molecule has 0 spiro atoms. The van der Waals surface area contributed by atoms with Crippen LogP contribution in [0.4, 0.5) is 4.39 Å². The van der Waals surface area contributed by atoms with Crippen molar-refractivity contribution in [2.24, 2.45) is 11.8 Å². The molecule has 8 heteroatoms. The number of aliphatic carboxylic acids is 2. The number of imide groups is 1. The second-order valence-electron chi connectivity index (χ2n) is 4.56. The molecule has 0 aromatic heterocycles. The first-order valence-electron chi connectivity index (χ1n) is 5.88. The van der Waals surface area contributed by atoms with Crippen LogP contribution in [0.1, 0.15) is 11.5 Å². The number of piperidine rings is 1. The fourth-order valence-electron chi connectivity index (χ4n) is 2.40. The number of carboxylic acid groups (broad SMARTS) is 2. The van der Waals surface area contributed by atoms with E-state index in [1.807, 2.05) is 0 Å². The quantitative estimate of drug-likeness (QED) is 0.532. The molecule has 0 radical (unpaired) electrons. The zero-order valence-electron chi connectivity index (χ0n) is 10.4. The van der Waals surface area contributed by atoms with Crippen LogP contribution in [0.25, 0.3) is 0 Å². The first-order chi connectivity index (χ1) is 9.82. The van der Waals surface area contributed by atoms with E-state index in [-0.39, 0.29) is 5.56 Å². The van der Waals surface area contributed by atoms with E-state index >= 15 is 0 Å². The third-order valence-electron chi connectivity index (χ3n) is 3.32. The number of hydrogen-bond donors (Lipinski definition) is 3. The fraction of sp³-hybridized carbons (Fsp3) is 0.231. The summed E-state index contributed by atoms with van der Waals surface area (Å²) in [5.41, 5.74) is 0.0967. The molecule has 1 aromatic carbocycles. The lowest BCUT2D eigenvalue weighted by atomic mass is 9.73. The molecule has 1 aromatic rings. The normalized spacial score (nSPS) is 25.3. The Morgan fingerprint density at radius 1 is 0.952 bits per heavy atom. The third kappa shape index (κ3) is 2.60. The molecular formula is C13H10FNO6. The van der Waals surface area contributed by atoms with Gasteiger partial charge < -0.3 is 10.2 Å². The van der Waals surface area contributed by atoms with Crippen LogP contribution in [0.15, 0.2) is 24.3 Å². The molecule has 0 bridgehead atoms. The molecule has 1 fully saturated rings. The number of carbonyl (C=O) groups excluding carboxylic acids is 2. The number of halogens is 1. The Kier molecular flexibility index (Phi) is 3.70. The Labute approximate surface area is 117 Å². The predicted molar refractivity (Wildman–Crippen MR) is 64.5 cm³/mol. The van der Waals surface area contributed by atoms with Crippen LogP contribution in [0, 0.1) is 17.7 Å². The van der Waals surface area contributed by atoms with E-state index in [0.29, 0.717) is 0 Å². The van der Waals surface area contributed by atoms with Gasteiger partial charge in [-0.3, -0.25) is 24.5 Å². The van der Waals surface area contributed by atoms with Crippen LogP contribution >= 0.6 is 0 Å². The standard InChI is InChI=1S/C13H10FNO6/c14-6-3-1-5(2-4-6)7-8(12(18)19)10(16)15-11(17)9(7)13(20)21/h1-4,7-9H,(H,18,19)(H,20,21)(H,15,16,17). The van der Waals surface area contributed by atoms with E-state index in [1.54, 1.807) is 5.32 Å². The topological polar surface area (TPSA) is 121 Å². The van der Waals surface area contributed by atoms with Crippen molar-refractivity contribution in [1.29, 1.82) is 0 Å². The lowest BCUT2D eigenvalue weighted by Gasteiger charge is -2.32. The van der Waals surface area contributed by atoms with Crippen molar-refractivity contribution in [3.05, 3.63) is 35.6 Å². The lowest BCUT2D eigenvalue weighted by molar-refractivity contribution is -0.158. The fourth-order valence-corrected chi connectivity index (χ4v) is 2.40. The average molecular weight is 295 g/mol. The number of nitrogens with one attached hydrogen (secondary N) is 1. The van der Waals surface area contributed by atoms with Crippen LogP contribution in [0.3, 0.4) is 0 Å². The highest BCUT2D eigenvalue weighted by molar-refractivity contribution is 6.14. The Morgan fingerprint density at radius 2 is 1.38 bits per heavy atom. The van der Waals surface area contributed by atoms with E-state index < -0.39 is 47.3 Å². The Morgan fingerprint density at radius 3 is 1.76 bits per heavy atom. The summed E-state index contributed by atoms with van der Waals surface area (Å²) in [6.45, 7) is 0. The molecule has 21 heavy (non-hydrogen) atoms. The summed E-state index contributed by atoms with van der Waals surface area (Å²) in [5.74, 6) is -10.8. The van der Waals surface area contributed by atoms with Gasteiger partial charge in [-0.25, -0.2) is 4.39 Å². The van der Waals surface area contributed by atoms with Gasteiger partial charge in [0.2, 0.25) is 11.8 Å². The summed E-state index contributed by atoms with van der Waals surface area (Å²) in [7, 11) is 0. The minimum Gasteiger partial charge on any atom is -0.481 e. The summed E-state index contributed by atoms with van der Waals surface area (Å²) in [4.78, 5) is 45.9. The van der Waals surface area contributed by atoms with Crippen molar-refractivity contribution >= 4 is 23.8 Å². The summed E-state index contributed by atoms with van der Waals surface area (Å²) in [6, 6.07) is 4.34. The van der Waals surface area contributed by atoms with Gasteiger partial charge in [0.25, 0.3) is 0 Å². The minimum atomic E-state index is -1.74. The molecule has 1 heterocycles. The maximum atomic E-state index is 12.9. The molecule has 0 aliphatic carbocycles. The molecule has 1 aliphatic rings. The van der Waals surface area contributed by atoms with E-state index in [4.69, 9.17) is 10.2 Å². The summed E-state index contributed by atoms with van der Waals surface area (Å²) < 4.78 is 12.9. The van der Waals surface area contributed by atoms with Gasteiger partial charge in [-0.2, -0.15) is 0 Å². The molecule has 1 saturated heterocycles. The Bertz CT molecular complexity index is 594. The second kappa shape index (κ2) is 5.31. The van der Waals surface area contributed by atoms with Crippen LogP contribution in [-0.2, 0) is 19.2 Å². The van der Waals surface area contributed by atoms with Crippen molar-refractivity contribution in [2.75, 3.05) is 0 Å². The molecule has 2 rings (SSSR count). The predicted octanol–water partition coefficient (Wildman–Crippen LogP) is -0.0327. The molecule has 7 nitrogen and oxygen atoms in total. The van der Waals surface area contributed by atoms with Gasteiger partial charge in [-0.05, 0) is 17.7 Å². The number of carbonyl (C=O) groups is 4. The van der Waals surface area contributed by atoms with E-state index in [9.17, 15) is 23.6 Å². The van der Waals surface area contributed by atoms with Crippen LogP contribution in [-0.4, -0.2) is 34.0 Å². The van der Waals surface area contributed by atoms with Crippen molar-refractivity contribution in [3.63, 3.8) is 0 Å². The highest BCUT2D eigenvalue weighted by Gasteiger charge is 2.51. The van der Waals surface area contributed by atoms with Gasteiger partial charge in [-0.15, -0.1) is 0 Å². The van der Waals surface area contributed by atoms with E-state index in [2.05, 4.69) is 0 Å². The molecular weight excluding hydrogens is 285 g/mol. The molecule has 3 N–H and O–H groups in total. The minimum absolute atomic E-state index is 0.0967. The first kappa shape index (κ1) is 14.6. The van der Waals surface area contributed by atoms with Crippen LogP contribution in [0.5, 0.6) is 0 Å². The number of benzene rings is 1. The summed E-state index contributed by atoms with van der Waals surface area (Å²) >= 11 is 0. The van der Waals surface area contributed by atoms with E-state index in [1.165, 1.54) is 0 Å². The van der Waals surface area contributed by atoms with Crippen LogP contribution in [0.2, 0.25) is 0 Å². The molecule has 110 valence electrons. The molecule has 2 atom stereocenters. The van der Waals surface area contributed by atoms with Gasteiger partial charge in [0.05, 0.1) is 0 Å². The van der Waals surface area contributed by atoms with Gasteiger partial charge in [0, 0.05) is 5.92 Å². The monoisotopic (exact) mass is 295 g/mol. The zero-order valence-corrected chi connectivity index (χ0v) is 10.4. The lowest BCUT2D eigenvalue weighted by Crippen LogP contribution is -2.55. The van der Waals surface area contributed by atoms with Gasteiger partial charge in [0.15, 0.2) is 0 Å². The second-order valence-corrected chi connectivity index (χ2v) is 4.56. The van der Waals surface area contributed by atoms with Crippen molar-refractivity contribution in [2.45, 2.75) is 5.92 Å². The summed E-state index contributed by atoms with van der Waals surface area (Å²) in [5, 5.41) is 20.0. The number of amides is 2. The van der Waals surface area contributed by atoms with Crippen molar-refractivity contribution < 1.29 is 33.8 Å². The average Bonchev–Trinajstić information content (AvgIpc) is 2.37. The van der Waals surface area contributed by atoms with Crippen molar-refractivity contribution in [1.82, 2.24) is 5.32 Å². The number of hydrogen-bond acceptors (Lipinski definition) is 4.